The maximum atomic E-state index is 6.28. The van der Waals surface area contributed by atoms with Gasteiger partial charge in [0.05, 0.1) is 33.3 Å². The third-order valence-corrected chi connectivity index (χ3v) is 4.19. The van der Waals surface area contributed by atoms with Crippen molar-refractivity contribution in [1.82, 2.24) is 25.2 Å². The Hall–Kier alpha value is -2.83. The summed E-state index contributed by atoms with van der Waals surface area (Å²) in [5.74, 6) is 0. The summed E-state index contributed by atoms with van der Waals surface area (Å²) in [6.45, 7) is 0. The molecule has 1 aliphatic heterocycles. The fourth-order valence-corrected chi connectivity index (χ4v) is 3.04. The van der Waals surface area contributed by atoms with E-state index in [4.69, 9.17) is 23.2 Å². The number of anilines is 1. The van der Waals surface area contributed by atoms with Crippen molar-refractivity contribution in [1.29, 1.82) is 0 Å². The SMILES string of the molecule is Clc1cncc(Cl)c1-n1nccc1C1=CC=CN(c2ccncc2)N1. The Kier molecular flexibility index (Phi) is 4.13. The van der Waals surface area contributed by atoms with Crippen molar-refractivity contribution in [2.75, 3.05) is 5.01 Å². The molecular weight excluding hydrogens is 359 g/mol. The zero-order chi connectivity index (χ0) is 17.2. The number of pyridine rings is 2. The molecule has 0 spiro atoms. The first-order valence-electron chi connectivity index (χ1n) is 7.42. The molecule has 0 amide bonds. The van der Waals surface area contributed by atoms with Crippen molar-refractivity contribution in [2.45, 2.75) is 0 Å². The summed E-state index contributed by atoms with van der Waals surface area (Å²) in [6.07, 6.45) is 14.1. The Morgan fingerprint density at radius 3 is 2.44 bits per heavy atom. The lowest BCUT2D eigenvalue weighted by molar-refractivity contribution is 0.826. The predicted molar refractivity (Wildman–Crippen MR) is 98.3 cm³/mol. The lowest BCUT2D eigenvalue weighted by Crippen LogP contribution is -2.34. The Bertz CT molecular complexity index is 944. The molecule has 0 bridgehead atoms. The second-order valence-corrected chi connectivity index (χ2v) is 6.00. The van der Waals surface area contributed by atoms with Crippen LogP contribution in [0.1, 0.15) is 5.69 Å². The monoisotopic (exact) mass is 370 g/mol. The molecule has 6 nitrogen and oxygen atoms in total. The number of nitrogens with one attached hydrogen (secondary N) is 1. The second-order valence-electron chi connectivity index (χ2n) is 5.19. The number of hydrogen-bond acceptors (Lipinski definition) is 5. The van der Waals surface area contributed by atoms with E-state index in [1.165, 1.54) is 0 Å². The maximum Gasteiger partial charge on any atom is 0.106 e. The third kappa shape index (κ3) is 2.97. The van der Waals surface area contributed by atoms with E-state index in [0.29, 0.717) is 15.7 Å². The van der Waals surface area contributed by atoms with Gasteiger partial charge in [0.15, 0.2) is 0 Å². The molecule has 124 valence electrons. The third-order valence-electron chi connectivity index (χ3n) is 3.64. The smallest absolute Gasteiger partial charge is 0.106 e. The van der Waals surface area contributed by atoms with Crippen LogP contribution >= 0.6 is 23.2 Å². The molecule has 3 aromatic rings. The lowest BCUT2D eigenvalue weighted by Gasteiger charge is -2.27. The van der Waals surface area contributed by atoms with Crippen LogP contribution in [0.15, 0.2) is 67.5 Å². The number of allylic oxidation sites excluding steroid dienone is 2. The summed E-state index contributed by atoms with van der Waals surface area (Å²) in [5, 5.41) is 7.11. The summed E-state index contributed by atoms with van der Waals surface area (Å²) in [5.41, 5.74) is 6.55. The zero-order valence-electron chi connectivity index (χ0n) is 12.8. The molecule has 1 N–H and O–H groups in total. The molecule has 0 fully saturated rings. The lowest BCUT2D eigenvalue weighted by atomic mass is 10.2. The molecule has 1 aliphatic rings. The average Bonchev–Trinajstić information content (AvgIpc) is 3.12. The van der Waals surface area contributed by atoms with E-state index in [9.17, 15) is 0 Å². The van der Waals surface area contributed by atoms with Crippen LogP contribution in [-0.2, 0) is 0 Å². The average molecular weight is 371 g/mol. The predicted octanol–water partition coefficient (Wildman–Crippen LogP) is 3.85. The van der Waals surface area contributed by atoms with Crippen LogP contribution in [0.25, 0.3) is 11.4 Å². The second kappa shape index (κ2) is 6.58. The normalized spacial score (nSPS) is 13.5. The molecule has 4 heterocycles. The van der Waals surface area contributed by atoms with E-state index in [-0.39, 0.29) is 0 Å². The van der Waals surface area contributed by atoms with Crippen LogP contribution in [-0.4, -0.2) is 19.7 Å². The highest BCUT2D eigenvalue weighted by Crippen LogP contribution is 2.30. The van der Waals surface area contributed by atoms with Crippen LogP contribution in [0.4, 0.5) is 5.69 Å². The van der Waals surface area contributed by atoms with E-state index in [0.717, 1.165) is 17.1 Å². The highest BCUT2D eigenvalue weighted by atomic mass is 35.5. The van der Waals surface area contributed by atoms with Crippen LogP contribution in [0, 0.1) is 0 Å². The minimum atomic E-state index is 0.426. The first-order chi connectivity index (χ1) is 12.2. The molecule has 0 radical (unpaired) electrons. The Balaban J connectivity index is 1.72. The molecule has 0 saturated carbocycles. The molecule has 8 heteroatoms. The van der Waals surface area contributed by atoms with Gasteiger partial charge in [-0.25, -0.2) is 4.68 Å². The van der Waals surface area contributed by atoms with Crippen LogP contribution in [0.3, 0.4) is 0 Å². The summed E-state index contributed by atoms with van der Waals surface area (Å²) in [4.78, 5) is 8.03. The standard InChI is InChI=1S/C17H12Cl2N6/c18-13-10-21-11-14(19)17(13)25-16(5-8-22-25)15-2-1-9-24(23-15)12-3-6-20-7-4-12/h1-11,23H. The first kappa shape index (κ1) is 15.7. The van der Waals surface area contributed by atoms with Gasteiger partial charge in [0.25, 0.3) is 0 Å². The van der Waals surface area contributed by atoms with Gasteiger partial charge in [0, 0.05) is 31.0 Å². The number of rotatable bonds is 3. The fourth-order valence-electron chi connectivity index (χ4n) is 2.52. The Morgan fingerprint density at radius 2 is 1.68 bits per heavy atom. The highest BCUT2D eigenvalue weighted by molar-refractivity contribution is 6.37. The van der Waals surface area contributed by atoms with Gasteiger partial charge in [-0.15, -0.1) is 0 Å². The number of nitrogens with zero attached hydrogens (tertiary/aromatic N) is 5. The Labute approximate surface area is 154 Å². The topological polar surface area (TPSA) is 58.9 Å². The molecule has 4 rings (SSSR count). The number of aromatic nitrogens is 4. The quantitative estimate of drug-likeness (QED) is 0.758. The van der Waals surface area contributed by atoms with E-state index in [1.54, 1.807) is 35.7 Å². The van der Waals surface area contributed by atoms with Crippen molar-refractivity contribution in [2.24, 2.45) is 0 Å². The highest BCUT2D eigenvalue weighted by Gasteiger charge is 2.18. The summed E-state index contributed by atoms with van der Waals surface area (Å²) < 4.78 is 1.69. The van der Waals surface area contributed by atoms with Gasteiger partial charge in [0.2, 0.25) is 0 Å². The summed E-state index contributed by atoms with van der Waals surface area (Å²) >= 11 is 12.6. The molecule has 0 aromatic carbocycles. The Morgan fingerprint density at radius 1 is 0.920 bits per heavy atom. The number of hydrogen-bond donors (Lipinski definition) is 1. The zero-order valence-corrected chi connectivity index (χ0v) is 14.4. The fraction of sp³-hybridized carbons (Fsp3) is 0. The van der Waals surface area contributed by atoms with Gasteiger partial charge >= 0.3 is 0 Å². The van der Waals surface area contributed by atoms with Gasteiger partial charge in [-0.2, -0.15) is 5.10 Å². The van der Waals surface area contributed by atoms with E-state index >= 15 is 0 Å². The number of halogens is 2. The van der Waals surface area contributed by atoms with E-state index in [2.05, 4.69) is 20.5 Å². The molecule has 0 aliphatic carbocycles. The minimum absolute atomic E-state index is 0.426. The molecule has 0 saturated heterocycles. The van der Waals surface area contributed by atoms with Gasteiger partial charge in [-0.1, -0.05) is 23.2 Å². The van der Waals surface area contributed by atoms with Crippen molar-refractivity contribution < 1.29 is 0 Å². The van der Waals surface area contributed by atoms with Crippen molar-refractivity contribution in [3.63, 3.8) is 0 Å². The summed E-state index contributed by atoms with van der Waals surface area (Å²) in [7, 11) is 0. The van der Waals surface area contributed by atoms with Gasteiger partial charge < -0.3 is 0 Å². The van der Waals surface area contributed by atoms with Crippen LogP contribution < -0.4 is 10.4 Å². The maximum absolute atomic E-state index is 6.28. The molecule has 3 aromatic heterocycles. The van der Waals surface area contributed by atoms with Crippen molar-refractivity contribution in [3.05, 3.63) is 83.3 Å². The van der Waals surface area contributed by atoms with Crippen molar-refractivity contribution >= 4 is 34.6 Å². The molecule has 0 unspecified atom stereocenters. The molecule has 0 atom stereocenters. The van der Waals surface area contributed by atoms with Gasteiger partial charge in [-0.3, -0.25) is 20.4 Å². The van der Waals surface area contributed by atoms with Crippen LogP contribution in [0.5, 0.6) is 0 Å². The van der Waals surface area contributed by atoms with Gasteiger partial charge in [-0.05, 0) is 30.4 Å². The molecular formula is C17H12Cl2N6. The van der Waals surface area contributed by atoms with Gasteiger partial charge in [0.1, 0.15) is 5.69 Å². The van der Waals surface area contributed by atoms with Crippen LogP contribution in [0.2, 0.25) is 10.0 Å². The van der Waals surface area contributed by atoms with E-state index in [1.807, 2.05) is 41.6 Å². The number of hydrazine groups is 1. The van der Waals surface area contributed by atoms with Crippen molar-refractivity contribution in [3.8, 4) is 5.69 Å². The summed E-state index contributed by atoms with van der Waals surface area (Å²) in [6, 6.07) is 5.71. The largest absolute Gasteiger partial charge is 0.292 e. The first-order valence-corrected chi connectivity index (χ1v) is 8.18. The van der Waals surface area contributed by atoms with E-state index < -0.39 is 0 Å². The minimum Gasteiger partial charge on any atom is -0.292 e. The molecule has 25 heavy (non-hydrogen) atoms.